The number of nitrogens with one attached hydrogen (secondary N) is 1. The summed E-state index contributed by atoms with van der Waals surface area (Å²) in [5.74, 6) is 0.00383. The number of anilines is 2. The Balaban J connectivity index is 2.48. The van der Waals surface area contributed by atoms with E-state index in [0.717, 1.165) is 19.4 Å². The van der Waals surface area contributed by atoms with Crippen molar-refractivity contribution in [2.24, 2.45) is 0 Å². The molecule has 1 aromatic heterocycles. The second-order valence-electron chi connectivity index (χ2n) is 4.01. The molecule has 0 bridgehead atoms. The summed E-state index contributed by atoms with van der Waals surface area (Å²) in [4.78, 5) is 15.5. The summed E-state index contributed by atoms with van der Waals surface area (Å²) in [5.41, 5.74) is 6.46. The van der Waals surface area contributed by atoms with E-state index in [0.29, 0.717) is 30.2 Å². The Morgan fingerprint density at radius 2 is 2.26 bits per heavy atom. The number of nitrogens with two attached hydrogens (primary N) is 1. The SMILES string of the molecule is CCCCOCCNc1nccc(C(=O)OC)c1N. The Bertz CT molecular complexity index is 410. The third kappa shape index (κ3) is 4.75. The normalized spacial score (nSPS) is 10.2. The molecule has 6 nitrogen and oxygen atoms in total. The van der Waals surface area contributed by atoms with Crippen LogP contribution in [0.15, 0.2) is 12.3 Å². The molecule has 0 saturated heterocycles. The lowest BCUT2D eigenvalue weighted by atomic mass is 10.2. The average molecular weight is 267 g/mol. The van der Waals surface area contributed by atoms with Crippen LogP contribution in [0.5, 0.6) is 0 Å². The second kappa shape index (κ2) is 8.31. The lowest BCUT2D eigenvalue weighted by Crippen LogP contribution is -2.14. The van der Waals surface area contributed by atoms with Crippen LogP contribution in [0.1, 0.15) is 30.1 Å². The van der Waals surface area contributed by atoms with Gasteiger partial charge in [0, 0.05) is 19.3 Å². The molecule has 1 heterocycles. The molecule has 0 aliphatic rings. The fourth-order valence-electron chi connectivity index (χ4n) is 1.49. The highest BCUT2D eigenvalue weighted by molar-refractivity contribution is 5.97. The van der Waals surface area contributed by atoms with Gasteiger partial charge >= 0.3 is 5.97 Å². The predicted octanol–water partition coefficient (Wildman–Crippen LogP) is 1.68. The molecular formula is C13H21N3O3. The molecule has 0 aliphatic heterocycles. The molecule has 0 fully saturated rings. The van der Waals surface area contributed by atoms with Crippen molar-refractivity contribution in [3.63, 3.8) is 0 Å². The first-order chi connectivity index (χ1) is 9.20. The Kier molecular flexibility index (Phi) is 6.67. The number of esters is 1. The molecule has 0 atom stereocenters. The molecule has 0 aromatic carbocycles. The molecule has 0 spiro atoms. The van der Waals surface area contributed by atoms with Gasteiger partial charge in [-0.2, -0.15) is 0 Å². The largest absolute Gasteiger partial charge is 0.465 e. The molecular weight excluding hydrogens is 246 g/mol. The summed E-state index contributed by atoms with van der Waals surface area (Å²) in [7, 11) is 1.32. The number of methoxy groups -OCH3 is 1. The van der Waals surface area contributed by atoms with E-state index >= 15 is 0 Å². The number of unbranched alkanes of at least 4 members (excludes halogenated alkanes) is 1. The van der Waals surface area contributed by atoms with Crippen LogP contribution in [-0.4, -0.2) is 37.8 Å². The Morgan fingerprint density at radius 3 is 2.95 bits per heavy atom. The molecule has 1 rings (SSSR count). The van der Waals surface area contributed by atoms with E-state index in [1.807, 2.05) is 0 Å². The van der Waals surface area contributed by atoms with Crippen molar-refractivity contribution < 1.29 is 14.3 Å². The van der Waals surface area contributed by atoms with Crippen molar-refractivity contribution in [1.29, 1.82) is 0 Å². The summed E-state index contributed by atoms with van der Waals surface area (Å²) >= 11 is 0. The Hall–Kier alpha value is -1.82. The summed E-state index contributed by atoms with van der Waals surface area (Å²) < 4.78 is 10.1. The number of nitrogens with zero attached hydrogens (tertiary/aromatic N) is 1. The minimum absolute atomic E-state index is 0.294. The molecule has 0 unspecified atom stereocenters. The van der Waals surface area contributed by atoms with Crippen molar-refractivity contribution >= 4 is 17.5 Å². The summed E-state index contributed by atoms with van der Waals surface area (Å²) in [5, 5.41) is 3.04. The molecule has 0 aliphatic carbocycles. The maximum absolute atomic E-state index is 11.5. The van der Waals surface area contributed by atoms with Crippen LogP contribution < -0.4 is 11.1 Å². The summed E-state index contributed by atoms with van der Waals surface area (Å²) in [6.45, 7) is 4.03. The number of carbonyl (C=O) groups is 1. The van der Waals surface area contributed by atoms with E-state index in [1.54, 1.807) is 0 Å². The minimum atomic E-state index is -0.470. The van der Waals surface area contributed by atoms with Gasteiger partial charge in [0.15, 0.2) is 0 Å². The van der Waals surface area contributed by atoms with Gasteiger partial charge in [-0.3, -0.25) is 0 Å². The number of ether oxygens (including phenoxy) is 2. The Morgan fingerprint density at radius 1 is 1.47 bits per heavy atom. The molecule has 3 N–H and O–H groups in total. The number of nitrogen functional groups attached to an aromatic ring is 1. The summed E-state index contributed by atoms with van der Waals surface area (Å²) in [6.07, 6.45) is 3.68. The van der Waals surface area contributed by atoms with Crippen LogP contribution in [0.3, 0.4) is 0 Å². The standard InChI is InChI=1S/C13H21N3O3/c1-3-4-8-19-9-7-16-12-11(14)10(5-6-15-12)13(17)18-2/h5-6H,3-4,7-9,14H2,1-2H3,(H,15,16). The van der Waals surface area contributed by atoms with E-state index in [9.17, 15) is 4.79 Å². The van der Waals surface area contributed by atoms with E-state index < -0.39 is 5.97 Å². The van der Waals surface area contributed by atoms with Crippen molar-refractivity contribution in [3.8, 4) is 0 Å². The van der Waals surface area contributed by atoms with Crippen molar-refractivity contribution in [1.82, 2.24) is 4.98 Å². The first-order valence-electron chi connectivity index (χ1n) is 6.35. The van der Waals surface area contributed by atoms with Crippen LogP contribution in [0.4, 0.5) is 11.5 Å². The fraction of sp³-hybridized carbons (Fsp3) is 0.538. The van der Waals surface area contributed by atoms with E-state index in [4.69, 9.17) is 10.5 Å². The highest BCUT2D eigenvalue weighted by atomic mass is 16.5. The van der Waals surface area contributed by atoms with Crippen LogP contribution in [0.25, 0.3) is 0 Å². The molecule has 1 aromatic rings. The fourth-order valence-corrected chi connectivity index (χ4v) is 1.49. The molecule has 19 heavy (non-hydrogen) atoms. The second-order valence-corrected chi connectivity index (χ2v) is 4.01. The molecule has 106 valence electrons. The predicted molar refractivity (Wildman–Crippen MR) is 74.2 cm³/mol. The number of carbonyl (C=O) groups excluding carboxylic acids is 1. The topological polar surface area (TPSA) is 86.5 Å². The van der Waals surface area contributed by atoms with Gasteiger partial charge in [0.2, 0.25) is 0 Å². The van der Waals surface area contributed by atoms with Crippen LogP contribution in [-0.2, 0) is 9.47 Å². The van der Waals surface area contributed by atoms with E-state index in [1.165, 1.54) is 19.4 Å². The first kappa shape index (κ1) is 15.2. The quantitative estimate of drug-likeness (QED) is 0.550. The van der Waals surface area contributed by atoms with Crippen molar-refractivity contribution in [3.05, 3.63) is 17.8 Å². The molecule has 0 radical (unpaired) electrons. The van der Waals surface area contributed by atoms with Gasteiger partial charge in [-0.15, -0.1) is 0 Å². The maximum Gasteiger partial charge on any atom is 0.340 e. The van der Waals surface area contributed by atoms with Gasteiger partial charge < -0.3 is 20.5 Å². The number of hydrogen-bond acceptors (Lipinski definition) is 6. The van der Waals surface area contributed by atoms with E-state index in [-0.39, 0.29) is 0 Å². The zero-order valence-corrected chi connectivity index (χ0v) is 11.4. The van der Waals surface area contributed by atoms with Gasteiger partial charge in [-0.1, -0.05) is 13.3 Å². The number of hydrogen-bond donors (Lipinski definition) is 2. The number of rotatable bonds is 8. The van der Waals surface area contributed by atoms with Crippen molar-refractivity contribution in [2.45, 2.75) is 19.8 Å². The third-order valence-electron chi connectivity index (χ3n) is 2.58. The lowest BCUT2D eigenvalue weighted by Gasteiger charge is -2.10. The van der Waals surface area contributed by atoms with Gasteiger partial charge in [-0.25, -0.2) is 9.78 Å². The van der Waals surface area contributed by atoms with Crippen LogP contribution in [0.2, 0.25) is 0 Å². The summed E-state index contributed by atoms with van der Waals surface area (Å²) in [6, 6.07) is 1.53. The molecule has 6 heteroatoms. The lowest BCUT2D eigenvalue weighted by molar-refractivity contribution is 0.0602. The zero-order valence-electron chi connectivity index (χ0n) is 11.4. The average Bonchev–Trinajstić information content (AvgIpc) is 2.43. The highest BCUT2D eigenvalue weighted by Crippen LogP contribution is 2.20. The minimum Gasteiger partial charge on any atom is -0.465 e. The highest BCUT2D eigenvalue weighted by Gasteiger charge is 2.13. The third-order valence-corrected chi connectivity index (χ3v) is 2.58. The van der Waals surface area contributed by atoms with Gasteiger partial charge in [0.05, 0.1) is 25.0 Å². The molecule has 0 amide bonds. The van der Waals surface area contributed by atoms with Crippen LogP contribution in [0, 0.1) is 0 Å². The maximum atomic E-state index is 11.5. The van der Waals surface area contributed by atoms with Gasteiger partial charge in [0.1, 0.15) is 5.82 Å². The monoisotopic (exact) mass is 267 g/mol. The smallest absolute Gasteiger partial charge is 0.340 e. The van der Waals surface area contributed by atoms with Gasteiger partial charge in [0.25, 0.3) is 0 Å². The van der Waals surface area contributed by atoms with Crippen LogP contribution >= 0.6 is 0 Å². The number of aromatic nitrogens is 1. The number of pyridine rings is 1. The first-order valence-corrected chi connectivity index (χ1v) is 6.35. The van der Waals surface area contributed by atoms with E-state index in [2.05, 4.69) is 22.0 Å². The zero-order chi connectivity index (χ0) is 14.1. The van der Waals surface area contributed by atoms with Gasteiger partial charge in [-0.05, 0) is 12.5 Å². The molecule has 0 saturated carbocycles. The van der Waals surface area contributed by atoms with Crippen molar-refractivity contribution in [2.75, 3.05) is 37.9 Å². The Labute approximate surface area is 113 Å².